The third-order valence-corrected chi connectivity index (χ3v) is 1.94. The maximum absolute atomic E-state index is 9.66. The van der Waals surface area contributed by atoms with Crippen LogP contribution in [0.3, 0.4) is 0 Å². The molecule has 0 amide bonds. The lowest BCUT2D eigenvalue weighted by Gasteiger charge is -2.23. The second-order valence-corrected chi connectivity index (χ2v) is 3.11. The van der Waals surface area contributed by atoms with E-state index in [2.05, 4.69) is 5.92 Å². The Balaban J connectivity index is 2.94. The molecule has 68 valence electrons. The first-order valence-corrected chi connectivity index (χ1v) is 4.01. The van der Waals surface area contributed by atoms with Gasteiger partial charge in [0.25, 0.3) is 0 Å². The third kappa shape index (κ3) is 2.09. The molecule has 0 unspecified atom stereocenters. The normalized spacial score (nSPS) is 17.1. The van der Waals surface area contributed by atoms with E-state index in [9.17, 15) is 10.2 Å². The van der Waals surface area contributed by atoms with Gasteiger partial charge in [-0.2, -0.15) is 0 Å². The van der Waals surface area contributed by atoms with Crippen molar-refractivity contribution in [1.82, 2.24) is 0 Å². The molecule has 2 nitrogen and oxygen atoms in total. The first-order valence-electron chi connectivity index (χ1n) is 4.01. The highest BCUT2D eigenvalue weighted by atomic mass is 16.3. The number of terminal acetylenes is 1. The van der Waals surface area contributed by atoms with Crippen molar-refractivity contribution >= 4 is 0 Å². The lowest BCUT2D eigenvalue weighted by molar-refractivity contribution is -0.0204. The van der Waals surface area contributed by atoms with Gasteiger partial charge in [-0.05, 0) is 12.5 Å². The molecule has 0 aliphatic heterocycles. The molecule has 0 saturated heterocycles. The van der Waals surface area contributed by atoms with Gasteiger partial charge in [-0.1, -0.05) is 36.3 Å². The predicted octanol–water partition coefficient (Wildman–Crippen LogP) is 1.10. The molecule has 0 aromatic heterocycles. The molecule has 1 aromatic carbocycles. The largest absolute Gasteiger partial charge is 0.384 e. The Labute approximate surface area is 77.8 Å². The SMILES string of the molecule is C#C[C@@](C)(O)[C@@H](O)c1ccccc1. The number of hydrogen-bond acceptors (Lipinski definition) is 2. The van der Waals surface area contributed by atoms with E-state index in [0.29, 0.717) is 5.56 Å². The summed E-state index contributed by atoms with van der Waals surface area (Å²) < 4.78 is 0. The van der Waals surface area contributed by atoms with Crippen LogP contribution in [0.4, 0.5) is 0 Å². The van der Waals surface area contributed by atoms with Crippen LogP contribution in [-0.2, 0) is 0 Å². The highest BCUT2D eigenvalue weighted by molar-refractivity contribution is 5.24. The molecule has 2 atom stereocenters. The summed E-state index contributed by atoms with van der Waals surface area (Å²) in [6.45, 7) is 1.41. The number of rotatable bonds is 2. The van der Waals surface area contributed by atoms with Crippen LogP contribution in [-0.4, -0.2) is 15.8 Å². The molecule has 0 spiro atoms. The number of hydrogen-bond donors (Lipinski definition) is 2. The van der Waals surface area contributed by atoms with Gasteiger partial charge in [-0.15, -0.1) is 6.42 Å². The number of aliphatic hydroxyl groups excluding tert-OH is 1. The second-order valence-electron chi connectivity index (χ2n) is 3.11. The van der Waals surface area contributed by atoms with E-state index in [1.165, 1.54) is 6.92 Å². The van der Waals surface area contributed by atoms with Crippen molar-refractivity contribution in [3.8, 4) is 12.3 Å². The Morgan fingerprint density at radius 1 is 1.38 bits per heavy atom. The van der Waals surface area contributed by atoms with Crippen molar-refractivity contribution in [2.45, 2.75) is 18.6 Å². The van der Waals surface area contributed by atoms with E-state index in [1.807, 2.05) is 6.07 Å². The van der Waals surface area contributed by atoms with Gasteiger partial charge in [-0.25, -0.2) is 0 Å². The van der Waals surface area contributed by atoms with Gasteiger partial charge >= 0.3 is 0 Å². The van der Waals surface area contributed by atoms with E-state index in [-0.39, 0.29) is 0 Å². The summed E-state index contributed by atoms with van der Waals surface area (Å²) in [6.07, 6.45) is 4.04. The lowest BCUT2D eigenvalue weighted by atomic mass is 9.94. The van der Waals surface area contributed by atoms with E-state index >= 15 is 0 Å². The van der Waals surface area contributed by atoms with Gasteiger partial charge in [0.2, 0.25) is 0 Å². The molecule has 0 aliphatic carbocycles. The molecule has 1 rings (SSSR count). The quantitative estimate of drug-likeness (QED) is 0.662. The molecule has 0 aliphatic rings. The fraction of sp³-hybridized carbons (Fsp3) is 0.273. The molecule has 1 aromatic rings. The Morgan fingerprint density at radius 2 is 1.92 bits per heavy atom. The molecule has 0 fully saturated rings. The standard InChI is InChI=1S/C11H12O2/c1-3-11(2,13)10(12)9-7-5-4-6-8-9/h1,4-8,10,12-13H,2H3/t10-,11+/m0/s1. The van der Waals surface area contributed by atoms with Crippen molar-refractivity contribution in [2.75, 3.05) is 0 Å². The first kappa shape index (κ1) is 9.79. The fourth-order valence-corrected chi connectivity index (χ4v) is 1.04. The topological polar surface area (TPSA) is 40.5 Å². The van der Waals surface area contributed by atoms with Gasteiger partial charge in [0, 0.05) is 0 Å². The molecule has 13 heavy (non-hydrogen) atoms. The molecular weight excluding hydrogens is 164 g/mol. The summed E-state index contributed by atoms with van der Waals surface area (Å²) in [7, 11) is 0. The van der Waals surface area contributed by atoms with Crippen molar-refractivity contribution in [1.29, 1.82) is 0 Å². The van der Waals surface area contributed by atoms with Crippen molar-refractivity contribution in [3.63, 3.8) is 0 Å². The average molecular weight is 176 g/mol. The van der Waals surface area contributed by atoms with Crippen LogP contribution in [0.1, 0.15) is 18.6 Å². The summed E-state index contributed by atoms with van der Waals surface area (Å²) in [6, 6.07) is 8.84. The van der Waals surface area contributed by atoms with Gasteiger partial charge in [0.1, 0.15) is 6.10 Å². The molecule has 2 heteroatoms. The van der Waals surface area contributed by atoms with E-state index < -0.39 is 11.7 Å². The Bertz CT molecular complexity index is 309. The predicted molar refractivity (Wildman–Crippen MR) is 50.9 cm³/mol. The zero-order chi connectivity index (χ0) is 9.90. The second kappa shape index (κ2) is 3.61. The van der Waals surface area contributed by atoms with Crippen LogP contribution >= 0.6 is 0 Å². The minimum Gasteiger partial charge on any atom is -0.384 e. The minimum absolute atomic E-state index is 0.616. The Kier molecular flexibility index (Phi) is 2.72. The smallest absolute Gasteiger partial charge is 0.152 e. The maximum Gasteiger partial charge on any atom is 0.152 e. The van der Waals surface area contributed by atoms with Crippen LogP contribution in [0.25, 0.3) is 0 Å². The maximum atomic E-state index is 9.66. The summed E-state index contributed by atoms with van der Waals surface area (Å²) in [5, 5.41) is 19.2. The van der Waals surface area contributed by atoms with Crippen molar-refractivity contribution in [2.24, 2.45) is 0 Å². The molecule has 0 radical (unpaired) electrons. The average Bonchev–Trinajstić information content (AvgIpc) is 2.18. The lowest BCUT2D eigenvalue weighted by Crippen LogP contribution is -2.30. The summed E-state index contributed by atoms with van der Waals surface area (Å²) in [5.74, 6) is 2.15. The molecule has 0 heterocycles. The van der Waals surface area contributed by atoms with Crippen molar-refractivity contribution < 1.29 is 10.2 Å². The van der Waals surface area contributed by atoms with E-state index in [0.717, 1.165) is 0 Å². The zero-order valence-electron chi connectivity index (χ0n) is 7.44. The van der Waals surface area contributed by atoms with E-state index in [1.54, 1.807) is 24.3 Å². The van der Waals surface area contributed by atoms with Gasteiger partial charge in [0.15, 0.2) is 5.60 Å². The minimum atomic E-state index is -1.51. The molecule has 0 bridgehead atoms. The van der Waals surface area contributed by atoms with Crippen molar-refractivity contribution in [3.05, 3.63) is 35.9 Å². The Morgan fingerprint density at radius 3 is 2.38 bits per heavy atom. The van der Waals surface area contributed by atoms with Gasteiger partial charge < -0.3 is 10.2 Å². The highest BCUT2D eigenvalue weighted by Crippen LogP contribution is 2.24. The van der Waals surface area contributed by atoms with Crippen LogP contribution < -0.4 is 0 Å². The number of benzene rings is 1. The zero-order valence-corrected chi connectivity index (χ0v) is 7.44. The third-order valence-electron chi connectivity index (χ3n) is 1.94. The Hall–Kier alpha value is -1.30. The number of aliphatic hydroxyl groups is 2. The van der Waals surface area contributed by atoms with Gasteiger partial charge in [-0.3, -0.25) is 0 Å². The first-order chi connectivity index (χ1) is 6.08. The molecule has 0 saturated carbocycles. The van der Waals surface area contributed by atoms with Gasteiger partial charge in [0.05, 0.1) is 0 Å². The van der Waals surface area contributed by atoms with Crippen LogP contribution in [0.5, 0.6) is 0 Å². The molecular formula is C11H12O2. The summed E-state index contributed by atoms with van der Waals surface area (Å²) >= 11 is 0. The summed E-state index contributed by atoms with van der Waals surface area (Å²) in [5.41, 5.74) is -0.896. The van der Waals surface area contributed by atoms with Crippen LogP contribution in [0, 0.1) is 12.3 Å². The molecule has 2 N–H and O–H groups in total. The summed E-state index contributed by atoms with van der Waals surface area (Å²) in [4.78, 5) is 0. The highest BCUT2D eigenvalue weighted by Gasteiger charge is 2.28. The van der Waals surface area contributed by atoms with Crippen LogP contribution in [0.15, 0.2) is 30.3 Å². The van der Waals surface area contributed by atoms with Crippen LogP contribution in [0.2, 0.25) is 0 Å². The monoisotopic (exact) mass is 176 g/mol. The van der Waals surface area contributed by atoms with E-state index in [4.69, 9.17) is 6.42 Å². The fourth-order valence-electron chi connectivity index (χ4n) is 1.04.